The molecule has 1 aromatic rings. The number of rotatable bonds is 2. The summed E-state index contributed by atoms with van der Waals surface area (Å²) in [6, 6.07) is 9.64. The van der Waals surface area contributed by atoms with Crippen LogP contribution in [-0.2, 0) is 6.42 Å². The summed E-state index contributed by atoms with van der Waals surface area (Å²) in [5, 5.41) is 3.70. The Morgan fingerprint density at radius 1 is 1.28 bits per heavy atom. The molecule has 1 aromatic carbocycles. The first-order chi connectivity index (χ1) is 8.50. The van der Waals surface area contributed by atoms with Crippen LogP contribution in [0.15, 0.2) is 24.3 Å². The van der Waals surface area contributed by atoms with Gasteiger partial charge in [-0.1, -0.05) is 19.1 Å². The number of nitrogens with one attached hydrogen (secondary N) is 1. The van der Waals surface area contributed by atoms with E-state index in [0.29, 0.717) is 6.04 Å². The van der Waals surface area contributed by atoms with Crippen LogP contribution in [0.1, 0.15) is 39.7 Å². The van der Waals surface area contributed by atoms with E-state index >= 15 is 0 Å². The van der Waals surface area contributed by atoms with Gasteiger partial charge in [-0.2, -0.15) is 0 Å². The minimum absolute atomic E-state index is 0.180. The van der Waals surface area contributed by atoms with Crippen LogP contribution in [0.2, 0.25) is 0 Å². The van der Waals surface area contributed by atoms with Gasteiger partial charge < -0.3 is 10.2 Å². The molecule has 0 aliphatic carbocycles. The quantitative estimate of drug-likeness (QED) is 0.862. The number of anilines is 1. The van der Waals surface area contributed by atoms with Crippen molar-refractivity contribution in [2.45, 2.75) is 52.1 Å². The normalized spacial score (nSPS) is 23.8. The molecule has 2 nitrogen and oxygen atoms in total. The van der Waals surface area contributed by atoms with Crippen molar-refractivity contribution in [3.05, 3.63) is 29.8 Å². The third-order valence-corrected chi connectivity index (χ3v) is 3.77. The summed E-state index contributed by atoms with van der Waals surface area (Å²) in [7, 11) is 0. The Kier molecular flexibility index (Phi) is 3.96. The highest BCUT2D eigenvalue weighted by Crippen LogP contribution is 2.22. The molecule has 1 aliphatic heterocycles. The van der Waals surface area contributed by atoms with E-state index in [1.807, 2.05) is 0 Å². The Labute approximate surface area is 111 Å². The Morgan fingerprint density at radius 3 is 2.56 bits per heavy atom. The van der Waals surface area contributed by atoms with Gasteiger partial charge in [-0.05, 0) is 51.3 Å². The zero-order chi connectivity index (χ0) is 13.2. The molecule has 1 unspecified atom stereocenters. The van der Waals surface area contributed by atoms with Crippen molar-refractivity contribution in [3.8, 4) is 0 Å². The standard InChI is InChI=1S/C16H26N2/c1-5-14-6-8-15(9-7-14)18-11-10-13(2)17-16(3,4)12-18/h6-9,13,17H,5,10-12H2,1-4H3. The van der Waals surface area contributed by atoms with Gasteiger partial charge in [0.2, 0.25) is 0 Å². The van der Waals surface area contributed by atoms with Crippen LogP contribution in [0.25, 0.3) is 0 Å². The third kappa shape index (κ3) is 3.26. The van der Waals surface area contributed by atoms with Crippen molar-refractivity contribution >= 4 is 5.69 Å². The first-order valence-electron chi connectivity index (χ1n) is 7.12. The Morgan fingerprint density at radius 2 is 1.94 bits per heavy atom. The molecule has 1 fully saturated rings. The Hall–Kier alpha value is -1.02. The van der Waals surface area contributed by atoms with Crippen LogP contribution in [0.3, 0.4) is 0 Å². The van der Waals surface area contributed by atoms with E-state index in [9.17, 15) is 0 Å². The summed E-state index contributed by atoms with van der Waals surface area (Å²) >= 11 is 0. The summed E-state index contributed by atoms with van der Waals surface area (Å²) in [4.78, 5) is 2.51. The molecule has 1 atom stereocenters. The summed E-state index contributed by atoms with van der Waals surface area (Å²) in [6.07, 6.45) is 2.32. The molecule has 1 N–H and O–H groups in total. The van der Waals surface area contributed by atoms with E-state index in [-0.39, 0.29) is 5.54 Å². The number of hydrogen-bond donors (Lipinski definition) is 1. The number of aryl methyl sites for hydroxylation is 1. The number of nitrogens with zero attached hydrogens (tertiary/aromatic N) is 1. The van der Waals surface area contributed by atoms with Gasteiger partial charge >= 0.3 is 0 Å². The molecular formula is C16H26N2. The second-order valence-corrected chi connectivity index (χ2v) is 6.16. The molecule has 2 rings (SSSR count). The van der Waals surface area contributed by atoms with Gasteiger partial charge in [0.15, 0.2) is 0 Å². The third-order valence-electron chi connectivity index (χ3n) is 3.77. The van der Waals surface area contributed by atoms with Crippen molar-refractivity contribution < 1.29 is 0 Å². The molecule has 18 heavy (non-hydrogen) atoms. The summed E-state index contributed by atoms with van der Waals surface area (Å²) in [5.41, 5.74) is 2.95. The fourth-order valence-electron chi connectivity index (χ4n) is 2.85. The maximum absolute atomic E-state index is 3.70. The average Bonchev–Trinajstić information content (AvgIpc) is 2.47. The highest BCUT2D eigenvalue weighted by Gasteiger charge is 2.27. The molecule has 100 valence electrons. The molecule has 2 heteroatoms. The predicted molar refractivity (Wildman–Crippen MR) is 79.3 cm³/mol. The predicted octanol–water partition coefficient (Wildman–Crippen LogP) is 3.22. The molecule has 0 aromatic heterocycles. The smallest absolute Gasteiger partial charge is 0.0367 e. The van der Waals surface area contributed by atoms with Crippen molar-refractivity contribution in [2.24, 2.45) is 0 Å². The van der Waals surface area contributed by atoms with Crippen LogP contribution in [0.5, 0.6) is 0 Å². The minimum atomic E-state index is 0.180. The van der Waals surface area contributed by atoms with Crippen LogP contribution in [0, 0.1) is 0 Å². The van der Waals surface area contributed by atoms with E-state index in [2.05, 4.69) is 62.2 Å². The van der Waals surface area contributed by atoms with Crippen molar-refractivity contribution in [1.29, 1.82) is 0 Å². The van der Waals surface area contributed by atoms with Gasteiger partial charge in [-0.25, -0.2) is 0 Å². The van der Waals surface area contributed by atoms with Crippen molar-refractivity contribution in [2.75, 3.05) is 18.0 Å². The van der Waals surface area contributed by atoms with Crippen LogP contribution < -0.4 is 10.2 Å². The summed E-state index contributed by atoms with van der Waals surface area (Å²) in [6.45, 7) is 11.3. The number of hydrogen-bond acceptors (Lipinski definition) is 2. The van der Waals surface area contributed by atoms with Crippen molar-refractivity contribution in [1.82, 2.24) is 5.32 Å². The monoisotopic (exact) mass is 246 g/mol. The van der Waals surface area contributed by atoms with Crippen molar-refractivity contribution in [3.63, 3.8) is 0 Å². The fraction of sp³-hybridized carbons (Fsp3) is 0.625. The Bertz CT molecular complexity index is 381. The van der Waals surface area contributed by atoms with Gasteiger partial charge in [0.25, 0.3) is 0 Å². The van der Waals surface area contributed by atoms with Crippen LogP contribution in [-0.4, -0.2) is 24.7 Å². The lowest BCUT2D eigenvalue weighted by molar-refractivity contribution is 0.368. The van der Waals surface area contributed by atoms with E-state index in [1.165, 1.54) is 17.7 Å². The van der Waals surface area contributed by atoms with Crippen LogP contribution in [0.4, 0.5) is 5.69 Å². The average molecular weight is 246 g/mol. The zero-order valence-electron chi connectivity index (χ0n) is 12.2. The lowest BCUT2D eigenvalue weighted by Gasteiger charge is -2.32. The first-order valence-corrected chi connectivity index (χ1v) is 7.12. The maximum Gasteiger partial charge on any atom is 0.0367 e. The van der Waals surface area contributed by atoms with Gasteiger partial charge in [0.1, 0.15) is 0 Å². The second kappa shape index (κ2) is 5.31. The van der Waals surface area contributed by atoms with Gasteiger partial charge in [0, 0.05) is 30.4 Å². The maximum atomic E-state index is 3.70. The molecule has 0 saturated carbocycles. The molecule has 1 heterocycles. The van der Waals surface area contributed by atoms with E-state index in [0.717, 1.165) is 19.5 Å². The molecule has 1 aliphatic rings. The molecule has 0 spiro atoms. The molecule has 0 radical (unpaired) electrons. The van der Waals surface area contributed by atoms with Gasteiger partial charge in [-0.3, -0.25) is 0 Å². The van der Waals surface area contributed by atoms with E-state index in [1.54, 1.807) is 0 Å². The number of benzene rings is 1. The summed E-state index contributed by atoms with van der Waals surface area (Å²) in [5.74, 6) is 0. The zero-order valence-corrected chi connectivity index (χ0v) is 12.2. The molecular weight excluding hydrogens is 220 g/mol. The molecule has 0 amide bonds. The first kappa shape index (κ1) is 13.4. The van der Waals surface area contributed by atoms with E-state index < -0.39 is 0 Å². The van der Waals surface area contributed by atoms with Gasteiger partial charge in [-0.15, -0.1) is 0 Å². The minimum Gasteiger partial charge on any atom is -0.370 e. The van der Waals surface area contributed by atoms with Crippen LogP contribution >= 0.6 is 0 Å². The lowest BCUT2D eigenvalue weighted by Crippen LogP contribution is -2.48. The highest BCUT2D eigenvalue weighted by molar-refractivity contribution is 5.48. The van der Waals surface area contributed by atoms with E-state index in [4.69, 9.17) is 0 Å². The van der Waals surface area contributed by atoms with Gasteiger partial charge in [0.05, 0.1) is 0 Å². The SMILES string of the molecule is CCc1ccc(N2CCC(C)NC(C)(C)C2)cc1. The topological polar surface area (TPSA) is 15.3 Å². The second-order valence-electron chi connectivity index (χ2n) is 6.16. The Balaban J connectivity index is 2.15. The fourth-order valence-corrected chi connectivity index (χ4v) is 2.85. The highest BCUT2D eigenvalue weighted by atomic mass is 15.2. The largest absolute Gasteiger partial charge is 0.370 e. The molecule has 0 bridgehead atoms. The summed E-state index contributed by atoms with van der Waals surface area (Å²) < 4.78 is 0. The lowest BCUT2D eigenvalue weighted by atomic mass is 10.0. The molecule has 1 saturated heterocycles.